The molecule has 8 atom stereocenters. The first-order valence-corrected chi connectivity index (χ1v) is 6.91. The Morgan fingerprint density at radius 3 is 0.964 bits per heavy atom. The van der Waals surface area contributed by atoms with Crippen LogP contribution in [0, 0.1) is 0 Å². The molecule has 0 spiro atoms. The quantitative estimate of drug-likeness (QED) is 0.147. The van der Waals surface area contributed by atoms with Crippen molar-refractivity contribution >= 4 is 11.9 Å². The van der Waals surface area contributed by atoms with Crippen LogP contribution in [0.3, 0.4) is 0 Å². The summed E-state index contributed by atoms with van der Waals surface area (Å²) < 4.78 is 0. The minimum Gasteiger partial charge on any atom is -0.547 e. The Morgan fingerprint density at radius 2 is 0.821 bits per heavy atom. The molecule has 16 heteroatoms. The fourth-order valence-corrected chi connectivity index (χ4v) is 1.32. The first-order valence-electron chi connectivity index (χ1n) is 6.91. The molecule has 0 aromatic rings. The topological polar surface area (TPSA) is 283 Å². The van der Waals surface area contributed by atoms with E-state index in [1.165, 1.54) is 0 Å². The van der Waals surface area contributed by atoms with Crippen LogP contribution in [0.4, 0.5) is 0 Å². The van der Waals surface area contributed by atoms with Crippen LogP contribution in [0.2, 0.25) is 0 Å². The molecule has 0 saturated heterocycles. The Kier molecular flexibility index (Phi) is 22.8. The van der Waals surface area contributed by atoms with Gasteiger partial charge in [0.2, 0.25) is 0 Å². The number of aliphatic hydroxyl groups excluding tert-OH is 10. The molecule has 0 fully saturated rings. The summed E-state index contributed by atoms with van der Waals surface area (Å²) in [6.45, 7) is -1.73. The largest absolute Gasteiger partial charge is 1.00 e. The van der Waals surface area contributed by atoms with Gasteiger partial charge in [0.05, 0.1) is 25.2 Å². The first kappa shape index (κ1) is 35.6. The SMILES string of the molecule is O=C([O-])[C@H](O)[C@@H](O)[C@H](O)[C@H](O)CO.O=C([O-])[C@H](O)[C@@H](O)[C@H](O)[C@H](O)CO.[Li+].[Na+]. The molecule has 28 heavy (non-hydrogen) atoms. The molecular formula is C12H22LiNaO14. The van der Waals surface area contributed by atoms with Crippen LogP contribution >= 0.6 is 0 Å². The average molecular weight is 420 g/mol. The summed E-state index contributed by atoms with van der Waals surface area (Å²) in [7, 11) is 0. The van der Waals surface area contributed by atoms with Crippen LogP contribution in [-0.2, 0) is 9.59 Å². The summed E-state index contributed by atoms with van der Waals surface area (Å²) in [6.07, 6.45) is -16.2. The van der Waals surface area contributed by atoms with Gasteiger partial charge in [0.15, 0.2) is 0 Å². The van der Waals surface area contributed by atoms with Gasteiger partial charge < -0.3 is 70.9 Å². The molecule has 0 aromatic heterocycles. The third-order valence-electron chi connectivity index (χ3n) is 2.99. The molecule has 10 N–H and O–H groups in total. The molecule has 0 aromatic carbocycles. The minimum absolute atomic E-state index is 0. The van der Waals surface area contributed by atoms with E-state index in [1.807, 2.05) is 0 Å². The van der Waals surface area contributed by atoms with E-state index in [9.17, 15) is 19.8 Å². The van der Waals surface area contributed by atoms with Crippen LogP contribution in [0.5, 0.6) is 0 Å². The van der Waals surface area contributed by atoms with Crippen molar-refractivity contribution in [2.75, 3.05) is 13.2 Å². The van der Waals surface area contributed by atoms with Gasteiger partial charge in [-0.2, -0.15) is 0 Å². The molecular weight excluding hydrogens is 398 g/mol. The second-order valence-corrected chi connectivity index (χ2v) is 4.99. The number of aliphatic hydroxyl groups is 10. The van der Waals surface area contributed by atoms with E-state index in [0.29, 0.717) is 0 Å². The van der Waals surface area contributed by atoms with Gasteiger partial charge in [-0.1, -0.05) is 0 Å². The molecule has 156 valence electrons. The molecule has 0 radical (unpaired) electrons. The monoisotopic (exact) mass is 420 g/mol. The summed E-state index contributed by atoms with van der Waals surface area (Å²) in [5.74, 6) is -3.95. The van der Waals surface area contributed by atoms with Crippen LogP contribution in [0.1, 0.15) is 0 Å². The Hall–Kier alpha value is 0.137. The van der Waals surface area contributed by atoms with Crippen molar-refractivity contribution in [2.45, 2.75) is 48.8 Å². The Balaban J connectivity index is -0.000000192. The molecule has 0 aliphatic heterocycles. The maximum Gasteiger partial charge on any atom is 1.00 e. The normalized spacial score (nSPS) is 18.9. The van der Waals surface area contributed by atoms with E-state index in [4.69, 9.17) is 51.1 Å². The summed E-state index contributed by atoms with van der Waals surface area (Å²) in [5.41, 5.74) is 0. The zero-order valence-corrected chi connectivity index (χ0v) is 17.1. The van der Waals surface area contributed by atoms with E-state index in [1.54, 1.807) is 0 Å². The van der Waals surface area contributed by atoms with Gasteiger partial charge in [-0.25, -0.2) is 0 Å². The van der Waals surface area contributed by atoms with Crippen molar-refractivity contribution in [3.63, 3.8) is 0 Å². The van der Waals surface area contributed by atoms with Crippen molar-refractivity contribution in [1.29, 1.82) is 0 Å². The number of aliphatic carboxylic acids is 2. The van der Waals surface area contributed by atoms with E-state index < -0.39 is 74.0 Å². The molecule has 0 aliphatic rings. The molecule has 0 amide bonds. The van der Waals surface area contributed by atoms with Gasteiger partial charge in [-0.05, 0) is 0 Å². The van der Waals surface area contributed by atoms with Crippen LogP contribution in [0.25, 0.3) is 0 Å². The second kappa shape index (κ2) is 18.0. The maximum absolute atomic E-state index is 9.98. The van der Waals surface area contributed by atoms with E-state index in [2.05, 4.69) is 0 Å². The van der Waals surface area contributed by atoms with Gasteiger partial charge in [0, 0.05) is 0 Å². The molecule has 14 nitrogen and oxygen atoms in total. The van der Waals surface area contributed by atoms with Gasteiger partial charge in [-0.3, -0.25) is 0 Å². The Bertz CT molecular complexity index is 391. The molecule has 0 aliphatic carbocycles. The number of carbonyl (C=O) groups excluding carboxylic acids is 2. The molecule has 0 rings (SSSR count). The summed E-state index contributed by atoms with van der Waals surface area (Å²) in [4.78, 5) is 20.0. The predicted octanol–water partition coefficient (Wildman–Crippen LogP) is -15.6. The van der Waals surface area contributed by atoms with Gasteiger partial charge in [0.25, 0.3) is 0 Å². The fourth-order valence-electron chi connectivity index (χ4n) is 1.32. The zero-order chi connectivity index (χ0) is 21.2. The number of carboxylic acids is 2. The van der Waals surface area contributed by atoms with Crippen molar-refractivity contribution in [3.8, 4) is 0 Å². The van der Waals surface area contributed by atoms with Crippen molar-refractivity contribution in [3.05, 3.63) is 0 Å². The van der Waals surface area contributed by atoms with Crippen molar-refractivity contribution < 1.29 is 119 Å². The molecule has 0 bridgehead atoms. The predicted molar refractivity (Wildman–Crippen MR) is 72.2 cm³/mol. The number of carboxylic acid groups (broad SMARTS) is 2. The first-order chi connectivity index (χ1) is 11.8. The number of hydrogen-bond acceptors (Lipinski definition) is 14. The van der Waals surface area contributed by atoms with E-state index in [0.717, 1.165) is 0 Å². The van der Waals surface area contributed by atoms with Crippen LogP contribution in [0.15, 0.2) is 0 Å². The fraction of sp³-hybridized carbons (Fsp3) is 0.833. The standard InChI is InChI=1S/2C6H12O7.Li.Na/c2*7-1-2(8)3(9)4(10)5(11)6(12)13;;/h2*2-5,7-11H,1H2,(H,12,13);;/q;;2*+1/p-2/t2*2-,3-,4+,5-;;/m11../s1. The third-order valence-corrected chi connectivity index (χ3v) is 2.99. The average Bonchev–Trinajstić information content (AvgIpc) is 2.62. The van der Waals surface area contributed by atoms with Gasteiger partial charge in [-0.15, -0.1) is 0 Å². The second-order valence-electron chi connectivity index (χ2n) is 4.99. The van der Waals surface area contributed by atoms with E-state index >= 15 is 0 Å². The third kappa shape index (κ3) is 12.6. The zero-order valence-electron chi connectivity index (χ0n) is 15.1. The van der Waals surface area contributed by atoms with Crippen molar-refractivity contribution in [1.82, 2.24) is 0 Å². The molecule has 0 saturated carbocycles. The number of hydrogen-bond donors (Lipinski definition) is 10. The Morgan fingerprint density at radius 1 is 0.607 bits per heavy atom. The number of rotatable bonds is 10. The van der Waals surface area contributed by atoms with Gasteiger partial charge in [0.1, 0.15) is 48.8 Å². The van der Waals surface area contributed by atoms with Crippen LogP contribution in [-0.4, -0.2) is 125 Å². The van der Waals surface area contributed by atoms with Crippen LogP contribution < -0.4 is 58.6 Å². The van der Waals surface area contributed by atoms with E-state index in [-0.39, 0.29) is 48.4 Å². The molecule has 0 heterocycles. The van der Waals surface area contributed by atoms with Crippen molar-refractivity contribution in [2.24, 2.45) is 0 Å². The summed E-state index contributed by atoms with van der Waals surface area (Å²) in [6, 6.07) is 0. The summed E-state index contributed by atoms with van der Waals surface area (Å²) in [5, 5.41) is 107. The smallest absolute Gasteiger partial charge is 0.547 e. The Labute approximate surface area is 192 Å². The van der Waals surface area contributed by atoms with Gasteiger partial charge >= 0.3 is 48.4 Å². The number of carbonyl (C=O) groups is 2. The molecule has 0 unspecified atom stereocenters. The summed E-state index contributed by atoms with van der Waals surface area (Å²) >= 11 is 0. The minimum atomic E-state index is -2.31. The maximum atomic E-state index is 9.98.